The molecular weight excluding hydrogens is 383 g/mol. The number of nitrogens with zero attached hydrogens (tertiary/aromatic N) is 1. The van der Waals surface area contributed by atoms with Crippen LogP contribution in [-0.2, 0) is 6.54 Å². The van der Waals surface area contributed by atoms with E-state index in [0.717, 1.165) is 10.0 Å². The molecule has 2 rings (SSSR count). The summed E-state index contributed by atoms with van der Waals surface area (Å²) >= 11 is 12.7. The summed E-state index contributed by atoms with van der Waals surface area (Å²) < 4.78 is 2.90. The van der Waals surface area contributed by atoms with Crippen LogP contribution >= 0.6 is 43.5 Å². The molecule has 6 heteroatoms. The number of halogens is 3. The van der Waals surface area contributed by atoms with Crippen LogP contribution in [0.3, 0.4) is 0 Å². The summed E-state index contributed by atoms with van der Waals surface area (Å²) in [6.07, 6.45) is 1.72. The summed E-state index contributed by atoms with van der Waals surface area (Å²) in [4.78, 5) is 11.9. The maximum absolute atomic E-state index is 11.9. The zero-order valence-electron chi connectivity index (χ0n) is 9.16. The van der Waals surface area contributed by atoms with Gasteiger partial charge in [-0.3, -0.25) is 4.79 Å². The van der Waals surface area contributed by atoms with Gasteiger partial charge in [-0.2, -0.15) is 0 Å². The number of aromatic nitrogens is 1. The highest BCUT2D eigenvalue weighted by molar-refractivity contribution is 9.11. The molecule has 0 unspecified atom stereocenters. The van der Waals surface area contributed by atoms with Crippen LogP contribution in [0.1, 0.15) is 5.56 Å². The van der Waals surface area contributed by atoms with E-state index in [1.54, 1.807) is 29.0 Å². The molecule has 18 heavy (non-hydrogen) atoms. The molecule has 1 aromatic carbocycles. The zero-order chi connectivity index (χ0) is 13.3. The fourth-order valence-corrected chi connectivity index (χ4v) is 3.06. The molecule has 2 N–H and O–H groups in total. The molecule has 0 bridgehead atoms. The number of hydrogen-bond donors (Lipinski definition) is 1. The Labute approximate surface area is 126 Å². The lowest BCUT2D eigenvalue weighted by Crippen LogP contribution is -2.20. The van der Waals surface area contributed by atoms with Gasteiger partial charge in [-0.15, -0.1) is 0 Å². The van der Waals surface area contributed by atoms with Crippen molar-refractivity contribution in [2.45, 2.75) is 6.54 Å². The van der Waals surface area contributed by atoms with Crippen molar-refractivity contribution in [2.75, 3.05) is 5.73 Å². The van der Waals surface area contributed by atoms with E-state index in [9.17, 15) is 4.79 Å². The van der Waals surface area contributed by atoms with Crippen molar-refractivity contribution in [1.82, 2.24) is 4.57 Å². The van der Waals surface area contributed by atoms with Crippen LogP contribution in [0.2, 0.25) is 5.02 Å². The first-order valence-electron chi connectivity index (χ1n) is 5.07. The van der Waals surface area contributed by atoms with E-state index in [-0.39, 0.29) is 5.56 Å². The van der Waals surface area contributed by atoms with E-state index < -0.39 is 0 Å². The van der Waals surface area contributed by atoms with Gasteiger partial charge in [0, 0.05) is 21.4 Å². The molecule has 0 atom stereocenters. The van der Waals surface area contributed by atoms with Crippen molar-refractivity contribution in [3.05, 3.63) is 60.3 Å². The first-order chi connectivity index (χ1) is 8.47. The van der Waals surface area contributed by atoms with Crippen LogP contribution in [0.15, 0.2) is 44.2 Å². The number of benzene rings is 1. The molecule has 2 aromatic rings. The largest absolute Gasteiger partial charge is 0.399 e. The lowest BCUT2D eigenvalue weighted by Gasteiger charge is -2.09. The molecule has 0 saturated carbocycles. The summed E-state index contributed by atoms with van der Waals surface area (Å²) in [7, 11) is 0. The van der Waals surface area contributed by atoms with Crippen molar-refractivity contribution in [3.8, 4) is 0 Å². The Hall–Kier alpha value is -0.780. The predicted molar refractivity (Wildman–Crippen MR) is 81.1 cm³/mol. The molecule has 0 aliphatic carbocycles. The third-order valence-corrected chi connectivity index (χ3v) is 3.78. The Morgan fingerprint density at radius 3 is 2.67 bits per heavy atom. The predicted octanol–water partition coefficient (Wildman–Crippen LogP) is 3.66. The summed E-state index contributed by atoms with van der Waals surface area (Å²) in [5, 5.41) is 0.554. The van der Waals surface area contributed by atoms with Crippen LogP contribution in [0, 0.1) is 0 Å². The minimum Gasteiger partial charge on any atom is -0.399 e. The average Bonchev–Trinajstić information content (AvgIpc) is 2.29. The van der Waals surface area contributed by atoms with Gasteiger partial charge in [0.15, 0.2) is 0 Å². The number of hydrogen-bond acceptors (Lipinski definition) is 2. The normalized spacial score (nSPS) is 10.6. The fraction of sp³-hybridized carbons (Fsp3) is 0.0833. The second kappa shape index (κ2) is 5.47. The highest BCUT2D eigenvalue weighted by Gasteiger charge is 2.06. The molecule has 0 spiro atoms. The fourth-order valence-electron chi connectivity index (χ4n) is 1.56. The van der Waals surface area contributed by atoms with E-state index in [1.165, 1.54) is 0 Å². The lowest BCUT2D eigenvalue weighted by molar-refractivity contribution is 0.752. The zero-order valence-corrected chi connectivity index (χ0v) is 13.1. The Bertz CT molecular complexity index is 655. The highest BCUT2D eigenvalue weighted by atomic mass is 79.9. The minimum absolute atomic E-state index is 0.105. The standard InChI is InChI=1S/C12H9Br2ClN2O/c13-8-3-10(14)12(18)17(6-8)5-7-1-2-9(16)4-11(7)15/h1-4,6H,5,16H2. The first-order valence-corrected chi connectivity index (χ1v) is 7.03. The van der Waals surface area contributed by atoms with Crippen molar-refractivity contribution in [3.63, 3.8) is 0 Å². The molecule has 0 aliphatic heterocycles. The number of pyridine rings is 1. The van der Waals surface area contributed by atoms with Crippen molar-refractivity contribution < 1.29 is 0 Å². The molecule has 94 valence electrons. The topological polar surface area (TPSA) is 48.0 Å². The van der Waals surface area contributed by atoms with Crippen molar-refractivity contribution in [1.29, 1.82) is 0 Å². The van der Waals surface area contributed by atoms with E-state index in [2.05, 4.69) is 31.9 Å². The molecule has 1 heterocycles. The van der Waals surface area contributed by atoms with Crippen LogP contribution < -0.4 is 11.3 Å². The lowest BCUT2D eigenvalue weighted by atomic mass is 10.2. The van der Waals surface area contributed by atoms with Gasteiger partial charge in [-0.05, 0) is 55.6 Å². The summed E-state index contributed by atoms with van der Waals surface area (Å²) in [6.45, 7) is 0.399. The summed E-state index contributed by atoms with van der Waals surface area (Å²) in [5.41, 5.74) is 6.97. The highest BCUT2D eigenvalue weighted by Crippen LogP contribution is 2.20. The van der Waals surface area contributed by atoms with E-state index in [1.807, 2.05) is 6.07 Å². The van der Waals surface area contributed by atoms with Gasteiger partial charge >= 0.3 is 0 Å². The Morgan fingerprint density at radius 1 is 1.28 bits per heavy atom. The molecule has 0 saturated heterocycles. The quantitative estimate of drug-likeness (QED) is 0.793. The van der Waals surface area contributed by atoms with Gasteiger partial charge in [0.25, 0.3) is 5.56 Å². The van der Waals surface area contributed by atoms with Gasteiger partial charge in [-0.1, -0.05) is 17.7 Å². The van der Waals surface area contributed by atoms with E-state index in [4.69, 9.17) is 17.3 Å². The van der Waals surface area contributed by atoms with Gasteiger partial charge in [0.1, 0.15) is 0 Å². The van der Waals surface area contributed by atoms with Crippen LogP contribution in [-0.4, -0.2) is 4.57 Å². The van der Waals surface area contributed by atoms with Gasteiger partial charge in [-0.25, -0.2) is 0 Å². The number of nitrogen functional groups attached to an aromatic ring is 1. The third kappa shape index (κ3) is 2.96. The SMILES string of the molecule is Nc1ccc(Cn2cc(Br)cc(Br)c2=O)c(Cl)c1. The van der Waals surface area contributed by atoms with E-state index >= 15 is 0 Å². The van der Waals surface area contributed by atoms with Gasteiger partial charge < -0.3 is 10.3 Å². The van der Waals surface area contributed by atoms with Crippen LogP contribution in [0.25, 0.3) is 0 Å². The first kappa shape index (κ1) is 13.6. The van der Waals surface area contributed by atoms with Gasteiger partial charge in [0.2, 0.25) is 0 Å². The second-order valence-electron chi connectivity index (χ2n) is 3.79. The number of nitrogens with two attached hydrogens (primary N) is 1. The Balaban J connectivity index is 2.43. The smallest absolute Gasteiger partial charge is 0.265 e. The average molecular weight is 392 g/mol. The number of anilines is 1. The maximum Gasteiger partial charge on any atom is 0.265 e. The van der Waals surface area contributed by atoms with Gasteiger partial charge in [0.05, 0.1) is 11.0 Å². The molecule has 0 amide bonds. The number of rotatable bonds is 2. The molecular formula is C12H9Br2ClN2O. The second-order valence-corrected chi connectivity index (χ2v) is 5.97. The van der Waals surface area contributed by atoms with Crippen molar-refractivity contribution >= 4 is 49.1 Å². The van der Waals surface area contributed by atoms with Crippen molar-refractivity contribution in [2.24, 2.45) is 0 Å². The summed E-state index contributed by atoms with van der Waals surface area (Å²) in [5.74, 6) is 0. The summed E-state index contributed by atoms with van der Waals surface area (Å²) in [6, 6.07) is 6.97. The van der Waals surface area contributed by atoms with Crippen LogP contribution in [0.4, 0.5) is 5.69 Å². The Morgan fingerprint density at radius 2 is 2.00 bits per heavy atom. The molecule has 0 fully saturated rings. The third-order valence-electron chi connectivity index (χ3n) is 2.43. The molecule has 1 aromatic heterocycles. The molecule has 0 aliphatic rings. The molecule has 0 radical (unpaired) electrons. The monoisotopic (exact) mass is 390 g/mol. The molecule has 3 nitrogen and oxygen atoms in total. The van der Waals surface area contributed by atoms with Crippen LogP contribution in [0.5, 0.6) is 0 Å². The maximum atomic E-state index is 11.9. The Kier molecular flexibility index (Phi) is 4.14. The van der Waals surface area contributed by atoms with E-state index in [0.29, 0.717) is 21.7 Å². The minimum atomic E-state index is -0.105.